The number of non-ortho nitro benzene ring substituents is 1. The maximum absolute atomic E-state index is 12.9. The normalized spacial score (nSPS) is 15.4. The van der Waals surface area contributed by atoms with Crippen molar-refractivity contribution in [3.63, 3.8) is 0 Å². The minimum absolute atomic E-state index is 0.0309. The molecule has 1 aromatic carbocycles. The van der Waals surface area contributed by atoms with E-state index in [1.54, 1.807) is 4.90 Å². The number of piperazine rings is 1. The monoisotopic (exact) mass is 368 g/mol. The number of carbonyl (C=O) groups is 1. The Labute approximate surface area is 146 Å². The molecule has 0 unspecified atom stereocenters. The number of aromatic nitrogens is 1. The number of anilines is 1. The average Bonchev–Trinajstić information content (AvgIpc) is 2.59. The molecule has 0 N–H and O–H groups in total. The average molecular weight is 368 g/mol. The first-order valence-electron chi connectivity index (χ1n) is 7.82. The molecule has 1 amide bonds. The second-order valence-electron chi connectivity index (χ2n) is 6.00. The van der Waals surface area contributed by atoms with Gasteiger partial charge in [-0.25, -0.2) is 0 Å². The van der Waals surface area contributed by atoms with Crippen LogP contribution in [-0.4, -0.2) is 46.9 Å². The molecule has 0 saturated carbocycles. The van der Waals surface area contributed by atoms with Gasteiger partial charge in [0.15, 0.2) is 0 Å². The van der Waals surface area contributed by atoms with Crippen molar-refractivity contribution in [2.75, 3.05) is 31.1 Å². The Bertz CT molecular complexity index is 877. The minimum atomic E-state index is -4.69. The molecular weight excluding hydrogens is 353 g/mol. The summed E-state index contributed by atoms with van der Waals surface area (Å²) < 4.78 is 38.8. The Morgan fingerprint density at radius 3 is 2.38 bits per heavy atom. The van der Waals surface area contributed by atoms with Gasteiger partial charge >= 0.3 is 6.18 Å². The van der Waals surface area contributed by atoms with E-state index in [-0.39, 0.29) is 16.8 Å². The molecule has 26 heavy (non-hydrogen) atoms. The number of nitrogens with zero attached hydrogens (tertiary/aromatic N) is 4. The lowest BCUT2D eigenvalue weighted by Crippen LogP contribution is -2.48. The van der Waals surface area contributed by atoms with Crippen molar-refractivity contribution in [2.24, 2.45) is 0 Å². The van der Waals surface area contributed by atoms with Gasteiger partial charge in [0.1, 0.15) is 0 Å². The Balaban J connectivity index is 1.99. The molecule has 10 heteroatoms. The van der Waals surface area contributed by atoms with E-state index >= 15 is 0 Å². The second-order valence-corrected chi connectivity index (χ2v) is 6.00. The highest BCUT2D eigenvalue weighted by Crippen LogP contribution is 2.36. The van der Waals surface area contributed by atoms with Crippen molar-refractivity contribution in [2.45, 2.75) is 13.1 Å². The summed E-state index contributed by atoms with van der Waals surface area (Å²) in [6.45, 7) is 3.52. The van der Waals surface area contributed by atoms with Gasteiger partial charge in [0.05, 0.1) is 33.3 Å². The van der Waals surface area contributed by atoms with Crippen LogP contribution in [0.4, 0.5) is 24.5 Å². The Morgan fingerprint density at radius 1 is 1.19 bits per heavy atom. The van der Waals surface area contributed by atoms with Crippen LogP contribution in [0.5, 0.6) is 0 Å². The van der Waals surface area contributed by atoms with Gasteiger partial charge in [-0.2, -0.15) is 13.2 Å². The number of amides is 1. The van der Waals surface area contributed by atoms with Crippen molar-refractivity contribution in [1.29, 1.82) is 0 Å². The number of benzene rings is 1. The molecule has 0 bridgehead atoms. The van der Waals surface area contributed by atoms with Gasteiger partial charge in [-0.3, -0.25) is 19.9 Å². The van der Waals surface area contributed by atoms with Crippen LogP contribution < -0.4 is 4.90 Å². The number of nitro benzene ring substituents is 1. The van der Waals surface area contributed by atoms with Crippen molar-refractivity contribution in [1.82, 2.24) is 9.88 Å². The lowest BCUT2D eigenvalue weighted by Gasteiger charge is -2.35. The number of carbonyl (C=O) groups excluding carboxylic acids is 1. The van der Waals surface area contributed by atoms with Crippen molar-refractivity contribution < 1.29 is 22.9 Å². The number of fused-ring (bicyclic) bond motifs is 1. The number of nitro groups is 1. The molecule has 0 aliphatic carbocycles. The second kappa shape index (κ2) is 6.43. The highest BCUT2D eigenvalue weighted by atomic mass is 19.4. The fourth-order valence-corrected chi connectivity index (χ4v) is 2.97. The SMILES string of the molecule is CC(=O)N1CCN(c2cnc3cc(C(F)(F)F)cc([N+](=O)[O-])c3c2)CC1. The third-order valence-corrected chi connectivity index (χ3v) is 4.38. The number of alkyl halides is 3. The van der Waals surface area contributed by atoms with Gasteiger partial charge < -0.3 is 9.80 Å². The Hall–Kier alpha value is -2.91. The molecule has 3 rings (SSSR count). The predicted molar refractivity (Wildman–Crippen MR) is 87.9 cm³/mol. The van der Waals surface area contributed by atoms with E-state index in [0.29, 0.717) is 37.9 Å². The lowest BCUT2D eigenvalue weighted by atomic mass is 10.1. The van der Waals surface area contributed by atoms with Gasteiger partial charge in [-0.15, -0.1) is 0 Å². The highest BCUT2D eigenvalue weighted by molar-refractivity contribution is 5.91. The minimum Gasteiger partial charge on any atom is -0.367 e. The van der Waals surface area contributed by atoms with Crippen LogP contribution in [0.3, 0.4) is 0 Å². The molecule has 1 fully saturated rings. The zero-order valence-corrected chi connectivity index (χ0v) is 13.8. The number of halogens is 3. The fraction of sp³-hybridized carbons (Fsp3) is 0.375. The molecule has 2 heterocycles. The summed E-state index contributed by atoms with van der Waals surface area (Å²) in [5.41, 5.74) is -1.25. The summed E-state index contributed by atoms with van der Waals surface area (Å²) in [6, 6.07) is 2.81. The first kappa shape index (κ1) is 17.9. The van der Waals surface area contributed by atoms with E-state index in [1.807, 2.05) is 4.90 Å². The van der Waals surface area contributed by atoms with Crippen LogP contribution in [0.1, 0.15) is 12.5 Å². The van der Waals surface area contributed by atoms with Crippen LogP contribution in [0.15, 0.2) is 24.4 Å². The third-order valence-electron chi connectivity index (χ3n) is 4.38. The molecule has 0 radical (unpaired) electrons. The topological polar surface area (TPSA) is 79.6 Å². The highest BCUT2D eigenvalue weighted by Gasteiger charge is 2.33. The number of hydrogen-bond donors (Lipinski definition) is 0. The Morgan fingerprint density at radius 2 is 1.85 bits per heavy atom. The lowest BCUT2D eigenvalue weighted by molar-refractivity contribution is -0.383. The smallest absolute Gasteiger partial charge is 0.367 e. The maximum atomic E-state index is 12.9. The molecule has 7 nitrogen and oxygen atoms in total. The largest absolute Gasteiger partial charge is 0.416 e. The summed E-state index contributed by atoms with van der Waals surface area (Å²) in [5.74, 6) is -0.0309. The van der Waals surface area contributed by atoms with Crippen LogP contribution in [0, 0.1) is 10.1 Å². The van der Waals surface area contributed by atoms with E-state index in [1.165, 1.54) is 19.2 Å². The molecule has 1 aliphatic heterocycles. The Kier molecular flexibility index (Phi) is 4.43. The maximum Gasteiger partial charge on any atom is 0.416 e. The van der Waals surface area contributed by atoms with E-state index in [4.69, 9.17) is 0 Å². The number of rotatable bonds is 2. The molecule has 138 valence electrons. The standard InChI is InChI=1S/C16H15F3N4O3/c1-10(24)21-2-4-22(5-3-21)12-8-13-14(20-9-12)6-11(16(17,18)19)7-15(13)23(25)26/h6-9H,2-5H2,1H3. The van der Waals surface area contributed by atoms with Crippen LogP contribution >= 0.6 is 0 Å². The molecule has 1 aromatic heterocycles. The van der Waals surface area contributed by atoms with Crippen LogP contribution in [-0.2, 0) is 11.0 Å². The van der Waals surface area contributed by atoms with Crippen molar-refractivity contribution in [3.8, 4) is 0 Å². The molecule has 0 atom stereocenters. The summed E-state index contributed by atoms with van der Waals surface area (Å²) in [5, 5.41) is 11.3. The van der Waals surface area contributed by atoms with E-state index < -0.39 is 22.4 Å². The quantitative estimate of drug-likeness (QED) is 0.602. The predicted octanol–water partition coefficient (Wildman–Crippen LogP) is 2.83. The van der Waals surface area contributed by atoms with E-state index in [0.717, 1.165) is 6.07 Å². The van der Waals surface area contributed by atoms with Gasteiger partial charge in [-0.05, 0) is 12.1 Å². The van der Waals surface area contributed by atoms with Crippen molar-refractivity contribution in [3.05, 3.63) is 40.1 Å². The summed E-state index contributed by atoms with van der Waals surface area (Å²) in [7, 11) is 0. The fourth-order valence-electron chi connectivity index (χ4n) is 2.97. The zero-order valence-electron chi connectivity index (χ0n) is 13.8. The van der Waals surface area contributed by atoms with E-state index in [9.17, 15) is 28.1 Å². The van der Waals surface area contributed by atoms with Gasteiger partial charge in [0.25, 0.3) is 5.69 Å². The number of pyridine rings is 1. The molecule has 1 aliphatic rings. The van der Waals surface area contributed by atoms with Crippen LogP contribution in [0.25, 0.3) is 10.9 Å². The zero-order chi connectivity index (χ0) is 19.1. The number of hydrogen-bond acceptors (Lipinski definition) is 5. The summed E-state index contributed by atoms with van der Waals surface area (Å²) >= 11 is 0. The molecule has 2 aromatic rings. The van der Waals surface area contributed by atoms with Gasteiger partial charge in [0, 0.05) is 39.2 Å². The first-order valence-corrected chi connectivity index (χ1v) is 7.82. The third kappa shape index (κ3) is 3.39. The summed E-state index contributed by atoms with van der Waals surface area (Å²) in [4.78, 5) is 29.4. The van der Waals surface area contributed by atoms with Gasteiger partial charge in [-0.1, -0.05) is 0 Å². The van der Waals surface area contributed by atoms with Crippen molar-refractivity contribution >= 4 is 28.2 Å². The first-order chi connectivity index (χ1) is 12.2. The van der Waals surface area contributed by atoms with Gasteiger partial charge in [0.2, 0.25) is 5.91 Å². The summed E-state index contributed by atoms with van der Waals surface area (Å²) in [6.07, 6.45) is -3.29. The molecule has 0 spiro atoms. The molecule has 1 saturated heterocycles. The van der Waals surface area contributed by atoms with E-state index in [2.05, 4.69) is 4.98 Å². The van der Waals surface area contributed by atoms with Crippen LogP contribution in [0.2, 0.25) is 0 Å². The molecular formula is C16H15F3N4O3.